The fraction of sp³-hybridized carbons (Fsp3) is 0.0556. The molecule has 7 heteroatoms. The molecule has 0 bridgehead atoms. The van der Waals surface area contributed by atoms with Gasteiger partial charge in [0.05, 0.1) is 4.90 Å². The minimum atomic E-state index is -4.21. The average Bonchev–Trinajstić information content (AvgIpc) is 2.55. The topological polar surface area (TPSA) is 95.5 Å². The lowest BCUT2D eigenvalue weighted by molar-refractivity contribution is -0.114. The van der Waals surface area contributed by atoms with Gasteiger partial charge in [-0.3, -0.25) is 9.35 Å². The number of nitrogens with one attached hydrogen (secondary N) is 2. The Morgan fingerprint density at radius 3 is 2.04 bits per heavy atom. The third-order valence-electron chi connectivity index (χ3n) is 3.60. The number of hydrogen-bond acceptors (Lipinski definition) is 4. The maximum absolute atomic E-state index is 11.2. The van der Waals surface area contributed by atoms with Crippen LogP contribution in [0.1, 0.15) is 6.92 Å². The van der Waals surface area contributed by atoms with Crippen LogP contribution in [0.15, 0.2) is 65.6 Å². The van der Waals surface area contributed by atoms with Crippen molar-refractivity contribution in [2.45, 2.75) is 11.8 Å². The lowest BCUT2D eigenvalue weighted by Gasteiger charge is -2.09. The summed E-state index contributed by atoms with van der Waals surface area (Å²) in [5.41, 5.74) is 2.40. The van der Waals surface area contributed by atoms with Gasteiger partial charge in [-0.25, -0.2) is 0 Å². The monoisotopic (exact) mass is 356 g/mol. The number of benzene rings is 3. The fourth-order valence-corrected chi connectivity index (χ4v) is 2.98. The van der Waals surface area contributed by atoms with Crippen LogP contribution in [-0.4, -0.2) is 18.9 Å². The molecule has 25 heavy (non-hydrogen) atoms. The zero-order valence-corrected chi connectivity index (χ0v) is 14.2. The van der Waals surface area contributed by atoms with Crippen molar-refractivity contribution < 1.29 is 17.8 Å². The van der Waals surface area contributed by atoms with E-state index >= 15 is 0 Å². The number of carbonyl (C=O) groups is 1. The van der Waals surface area contributed by atoms with Gasteiger partial charge < -0.3 is 10.6 Å². The maximum atomic E-state index is 11.2. The fourth-order valence-electron chi connectivity index (χ4n) is 2.47. The molecule has 3 rings (SSSR count). The molecule has 0 aliphatic carbocycles. The smallest absolute Gasteiger partial charge is 0.294 e. The minimum Gasteiger partial charge on any atom is -0.356 e. The van der Waals surface area contributed by atoms with Gasteiger partial charge in [0, 0.05) is 24.0 Å². The van der Waals surface area contributed by atoms with Crippen LogP contribution in [0.2, 0.25) is 0 Å². The standard InChI is InChI=1S/C18H16N2O4S/c1-12(21)19-15-5-7-16(8-6-15)20-17-4-2-14-11-18(25(22,23)24)9-3-13(14)10-17/h2-11,20H,1H3,(H,19,21)(H,22,23,24). The van der Waals surface area contributed by atoms with Gasteiger partial charge in [-0.2, -0.15) is 8.42 Å². The van der Waals surface area contributed by atoms with E-state index in [0.29, 0.717) is 11.1 Å². The molecule has 3 N–H and O–H groups in total. The summed E-state index contributed by atoms with van der Waals surface area (Å²) in [6, 6.07) is 17.2. The number of fused-ring (bicyclic) bond motifs is 1. The van der Waals surface area contributed by atoms with Crippen LogP contribution in [-0.2, 0) is 14.9 Å². The van der Waals surface area contributed by atoms with Gasteiger partial charge >= 0.3 is 0 Å². The molecular weight excluding hydrogens is 340 g/mol. The zero-order valence-electron chi connectivity index (χ0n) is 13.4. The molecule has 0 saturated heterocycles. The minimum absolute atomic E-state index is 0.125. The molecule has 6 nitrogen and oxygen atoms in total. The van der Waals surface area contributed by atoms with Gasteiger partial charge in [-0.15, -0.1) is 0 Å². The molecule has 0 aliphatic rings. The van der Waals surface area contributed by atoms with Gasteiger partial charge in [0.2, 0.25) is 5.91 Å². The summed E-state index contributed by atoms with van der Waals surface area (Å²) in [5.74, 6) is -0.125. The van der Waals surface area contributed by atoms with Crippen molar-refractivity contribution in [2.75, 3.05) is 10.6 Å². The first-order valence-electron chi connectivity index (χ1n) is 7.47. The van der Waals surface area contributed by atoms with E-state index in [0.717, 1.165) is 16.8 Å². The molecule has 0 saturated carbocycles. The average molecular weight is 356 g/mol. The highest BCUT2D eigenvalue weighted by atomic mass is 32.2. The first kappa shape index (κ1) is 16.9. The highest BCUT2D eigenvalue weighted by Crippen LogP contribution is 2.25. The van der Waals surface area contributed by atoms with Gasteiger partial charge in [-0.05, 0) is 59.3 Å². The molecule has 0 radical (unpaired) electrons. The molecule has 3 aromatic rings. The van der Waals surface area contributed by atoms with Crippen LogP contribution in [0, 0.1) is 0 Å². The molecular formula is C18H16N2O4S. The number of hydrogen-bond donors (Lipinski definition) is 3. The lowest BCUT2D eigenvalue weighted by Crippen LogP contribution is -2.05. The second-order valence-electron chi connectivity index (χ2n) is 5.58. The van der Waals surface area contributed by atoms with Crippen molar-refractivity contribution in [1.29, 1.82) is 0 Å². The summed E-state index contributed by atoms with van der Waals surface area (Å²) >= 11 is 0. The van der Waals surface area contributed by atoms with Crippen molar-refractivity contribution in [2.24, 2.45) is 0 Å². The SMILES string of the molecule is CC(=O)Nc1ccc(Nc2ccc3cc(S(=O)(=O)O)ccc3c2)cc1. The molecule has 0 spiro atoms. The van der Waals surface area contributed by atoms with Crippen LogP contribution >= 0.6 is 0 Å². The van der Waals surface area contributed by atoms with Crippen molar-refractivity contribution in [1.82, 2.24) is 0 Å². The third-order valence-corrected chi connectivity index (χ3v) is 4.45. The molecule has 0 heterocycles. The number of amides is 1. The van der Waals surface area contributed by atoms with Crippen LogP contribution in [0.5, 0.6) is 0 Å². The Bertz CT molecular complexity index is 1040. The van der Waals surface area contributed by atoms with Crippen molar-refractivity contribution in [3.05, 3.63) is 60.7 Å². The Labute approximate surface area is 145 Å². The molecule has 0 aliphatic heterocycles. The zero-order chi connectivity index (χ0) is 18.0. The largest absolute Gasteiger partial charge is 0.356 e. The summed E-state index contributed by atoms with van der Waals surface area (Å²) in [6.45, 7) is 1.45. The number of anilines is 3. The molecule has 3 aromatic carbocycles. The lowest BCUT2D eigenvalue weighted by atomic mass is 10.1. The third kappa shape index (κ3) is 4.14. The Balaban J connectivity index is 1.83. The predicted octanol–water partition coefficient (Wildman–Crippen LogP) is 3.79. The molecule has 128 valence electrons. The van der Waals surface area contributed by atoms with E-state index in [-0.39, 0.29) is 10.8 Å². The van der Waals surface area contributed by atoms with Gasteiger partial charge in [0.25, 0.3) is 10.1 Å². The number of carbonyl (C=O) groups excluding carboxylic acids is 1. The maximum Gasteiger partial charge on any atom is 0.294 e. The van der Waals surface area contributed by atoms with E-state index in [9.17, 15) is 13.2 Å². The van der Waals surface area contributed by atoms with E-state index in [4.69, 9.17) is 4.55 Å². The summed E-state index contributed by atoms with van der Waals surface area (Å²) < 4.78 is 31.5. The quantitative estimate of drug-likeness (QED) is 0.618. The first-order chi connectivity index (χ1) is 11.8. The summed E-state index contributed by atoms with van der Waals surface area (Å²) in [7, 11) is -4.21. The van der Waals surface area contributed by atoms with Gasteiger partial charge in [0.1, 0.15) is 0 Å². The number of rotatable bonds is 4. The second kappa shape index (κ2) is 6.54. The molecule has 0 aromatic heterocycles. The Hall–Kier alpha value is -2.90. The van der Waals surface area contributed by atoms with Crippen molar-refractivity contribution >= 4 is 43.9 Å². The Kier molecular flexibility index (Phi) is 4.43. The van der Waals surface area contributed by atoms with E-state index in [1.807, 2.05) is 24.3 Å². The predicted molar refractivity (Wildman–Crippen MR) is 97.8 cm³/mol. The van der Waals surface area contributed by atoms with E-state index in [1.165, 1.54) is 19.1 Å². The Morgan fingerprint density at radius 2 is 1.40 bits per heavy atom. The molecule has 0 fully saturated rings. The van der Waals surface area contributed by atoms with Crippen LogP contribution < -0.4 is 10.6 Å². The summed E-state index contributed by atoms with van der Waals surface area (Å²) in [4.78, 5) is 10.9. The molecule has 0 atom stereocenters. The molecule has 0 unspecified atom stereocenters. The van der Waals surface area contributed by atoms with Crippen LogP contribution in [0.3, 0.4) is 0 Å². The van der Waals surface area contributed by atoms with E-state index in [2.05, 4.69) is 10.6 Å². The Morgan fingerprint density at radius 1 is 0.840 bits per heavy atom. The van der Waals surface area contributed by atoms with Crippen molar-refractivity contribution in [3.63, 3.8) is 0 Å². The molecule has 1 amide bonds. The van der Waals surface area contributed by atoms with Gasteiger partial charge in [-0.1, -0.05) is 12.1 Å². The normalized spacial score (nSPS) is 11.3. The van der Waals surface area contributed by atoms with E-state index < -0.39 is 10.1 Å². The van der Waals surface area contributed by atoms with Gasteiger partial charge in [0.15, 0.2) is 0 Å². The second-order valence-corrected chi connectivity index (χ2v) is 7.00. The van der Waals surface area contributed by atoms with Crippen LogP contribution in [0.4, 0.5) is 17.1 Å². The highest BCUT2D eigenvalue weighted by Gasteiger charge is 2.09. The first-order valence-corrected chi connectivity index (χ1v) is 8.91. The summed E-state index contributed by atoms with van der Waals surface area (Å²) in [5, 5.41) is 7.49. The summed E-state index contributed by atoms with van der Waals surface area (Å²) in [6.07, 6.45) is 0. The van der Waals surface area contributed by atoms with Crippen molar-refractivity contribution in [3.8, 4) is 0 Å². The van der Waals surface area contributed by atoms with Crippen LogP contribution in [0.25, 0.3) is 10.8 Å². The van der Waals surface area contributed by atoms with E-state index in [1.54, 1.807) is 24.3 Å². The highest BCUT2D eigenvalue weighted by molar-refractivity contribution is 7.85.